The summed E-state index contributed by atoms with van der Waals surface area (Å²) in [6, 6.07) is 10.4. The number of benzene rings is 1. The predicted octanol–water partition coefficient (Wildman–Crippen LogP) is 4.31. The summed E-state index contributed by atoms with van der Waals surface area (Å²) in [6.07, 6.45) is 6.31. The van der Waals surface area contributed by atoms with Crippen LogP contribution < -0.4 is 0 Å². The maximum absolute atomic E-state index is 12.9. The number of fused-ring (bicyclic) bond motifs is 1. The number of hydrogen-bond donors (Lipinski definition) is 0. The first-order chi connectivity index (χ1) is 12.3. The minimum Gasteiger partial charge on any atom is -0.342 e. The maximum Gasteiger partial charge on any atom is 0.254 e. The zero-order valence-corrected chi connectivity index (χ0v) is 16.3. The van der Waals surface area contributed by atoms with E-state index in [2.05, 4.69) is 50.0 Å². The monoisotopic (exact) mass is 349 g/mol. The van der Waals surface area contributed by atoms with E-state index in [1.165, 1.54) is 11.1 Å². The molecule has 0 atom stereocenters. The first-order valence-electron chi connectivity index (χ1n) is 9.11. The van der Waals surface area contributed by atoms with Crippen LogP contribution in [0, 0.1) is 0 Å². The molecule has 0 radical (unpaired) electrons. The van der Waals surface area contributed by atoms with Gasteiger partial charge in [-0.25, -0.2) is 4.98 Å². The normalized spacial score (nSPS) is 11.7. The molecule has 136 valence electrons. The van der Waals surface area contributed by atoms with Crippen molar-refractivity contribution in [3.8, 4) is 0 Å². The fourth-order valence-corrected chi connectivity index (χ4v) is 3.36. The molecule has 1 amide bonds. The molecule has 0 aliphatic carbocycles. The van der Waals surface area contributed by atoms with Crippen molar-refractivity contribution in [1.82, 2.24) is 14.3 Å². The zero-order chi connectivity index (χ0) is 18.9. The molecule has 4 heteroatoms. The van der Waals surface area contributed by atoms with Gasteiger partial charge in [-0.2, -0.15) is 0 Å². The molecule has 0 saturated carbocycles. The van der Waals surface area contributed by atoms with Crippen LogP contribution in [0.5, 0.6) is 0 Å². The topological polar surface area (TPSA) is 37.6 Å². The number of amides is 1. The van der Waals surface area contributed by atoms with Gasteiger partial charge in [-0.15, -0.1) is 0 Å². The lowest BCUT2D eigenvalue weighted by Crippen LogP contribution is -2.27. The molecular formula is C22H27N3O. The van der Waals surface area contributed by atoms with Crippen molar-refractivity contribution in [1.29, 1.82) is 0 Å². The summed E-state index contributed by atoms with van der Waals surface area (Å²) in [4.78, 5) is 19.2. The molecule has 4 nitrogen and oxygen atoms in total. The average Bonchev–Trinajstić information content (AvgIpc) is 3.09. The minimum atomic E-state index is 0.0428. The fraction of sp³-hybridized carbons (Fsp3) is 0.364. The molecule has 0 spiro atoms. The largest absolute Gasteiger partial charge is 0.342 e. The molecule has 0 saturated heterocycles. The Kier molecular flexibility index (Phi) is 4.86. The van der Waals surface area contributed by atoms with Crippen molar-refractivity contribution in [2.75, 3.05) is 13.6 Å². The zero-order valence-electron chi connectivity index (χ0n) is 16.3. The number of imidazole rings is 1. The lowest BCUT2D eigenvalue weighted by atomic mass is 9.82. The van der Waals surface area contributed by atoms with E-state index in [4.69, 9.17) is 0 Å². The van der Waals surface area contributed by atoms with Gasteiger partial charge in [0.15, 0.2) is 0 Å². The van der Waals surface area contributed by atoms with Crippen molar-refractivity contribution in [2.45, 2.75) is 39.5 Å². The van der Waals surface area contributed by atoms with Gasteiger partial charge in [0.1, 0.15) is 5.65 Å². The summed E-state index contributed by atoms with van der Waals surface area (Å²) in [5.41, 5.74) is 5.15. The average molecular weight is 349 g/mol. The third-order valence-corrected chi connectivity index (χ3v) is 4.91. The number of pyridine rings is 1. The van der Waals surface area contributed by atoms with Crippen molar-refractivity contribution in [2.24, 2.45) is 0 Å². The van der Waals surface area contributed by atoms with Crippen LogP contribution >= 0.6 is 0 Å². The Morgan fingerprint density at radius 1 is 1.15 bits per heavy atom. The van der Waals surface area contributed by atoms with E-state index in [0.29, 0.717) is 13.0 Å². The smallest absolute Gasteiger partial charge is 0.254 e. The Labute approximate surface area is 155 Å². The van der Waals surface area contributed by atoms with Gasteiger partial charge in [-0.1, -0.05) is 45.0 Å². The Bertz CT molecular complexity index is 934. The third-order valence-electron chi connectivity index (χ3n) is 4.91. The van der Waals surface area contributed by atoms with Crippen LogP contribution in [-0.4, -0.2) is 33.8 Å². The third kappa shape index (κ3) is 3.36. The standard InChI is InChI=1S/C22H27N3O/c1-6-24(5)21(26)17-11-13-25-14-12-23-20(25)18(17)15-16-9-7-8-10-19(16)22(2,3)4/h7-14H,6,15H2,1-5H3. The second-order valence-corrected chi connectivity index (χ2v) is 7.77. The molecule has 0 aliphatic rings. The summed E-state index contributed by atoms with van der Waals surface area (Å²) < 4.78 is 1.98. The van der Waals surface area contributed by atoms with E-state index in [9.17, 15) is 4.79 Å². The highest BCUT2D eigenvalue weighted by atomic mass is 16.2. The molecule has 3 rings (SSSR count). The van der Waals surface area contributed by atoms with Gasteiger partial charge in [-0.05, 0) is 29.5 Å². The van der Waals surface area contributed by atoms with Gasteiger partial charge in [-0.3, -0.25) is 4.79 Å². The van der Waals surface area contributed by atoms with Crippen LogP contribution in [0.3, 0.4) is 0 Å². The van der Waals surface area contributed by atoms with Crippen LogP contribution in [0.4, 0.5) is 0 Å². The molecule has 26 heavy (non-hydrogen) atoms. The Hall–Kier alpha value is -2.62. The number of hydrogen-bond acceptors (Lipinski definition) is 2. The highest BCUT2D eigenvalue weighted by Crippen LogP contribution is 2.29. The number of aromatic nitrogens is 2. The summed E-state index contributed by atoms with van der Waals surface area (Å²) >= 11 is 0. The fourth-order valence-electron chi connectivity index (χ4n) is 3.36. The quantitative estimate of drug-likeness (QED) is 0.704. The predicted molar refractivity (Wildman–Crippen MR) is 106 cm³/mol. The minimum absolute atomic E-state index is 0.0428. The van der Waals surface area contributed by atoms with Crippen molar-refractivity contribution in [3.05, 3.63) is 71.2 Å². The molecular weight excluding hydrogens is 322 g/mol. The van der Waals surface area contributed by atoms with Gasteiger partial charge < -0.3 is 9.30 Å². The molecule has 2 heterocycles. The van der Waals surface area contributed by atoms with Crippen LogP contribution in [0.25, 0.3) is 5.65 Å². The lowest BCUT2D eigenvalue weighted by Gasteiger charge is -2.24. The molecule has 0 bridgehead atoms. The van der Waals surface area contributed by atoms with E-state index in [-0.39, 0.29) is 11.3 Å². The summed E-state index contributed by atoms with van der Waals surface area (Å²) in [7, 11) is 1.84. The van der Waals surface area contributed by atoms with E-state index in [1.807, 2.05) is 36.8 Å². The summed E-state index contributed by atoms with van der Waals surface area (Å²) in [5.74, 6) is 0.0428. The van der Waals surface area contributed by atoms with Crippen molar-refractivity contribution in [3.63, 3.8) is 0 Å². The van der Waals surface area contributed by atoms with Gasteiger partial charge in [0, 0.05) is 49.7 Å². The first kappa shape index (κ1) is 18.2. The second kappa shape index (κ2) is 6.94. The van der Waals surface area contributed by atoms with Crippen molar-refractivity contribution < 1.29 is 4.79 Å². The first-order valence-corrected chi connectivity index (χ1v) is 9.11. The van der Waals surface area contributed by atoms with Crippen LogP contribution in [0.2, 0.25) is 0 Å². The van der Waals surface area contributed by atoms with E-state index in [1.54, 1.807) is 11.1 Å². The Morgan fingerprint density at radius 2 is 1.88 bits per heavy atom. The molecule has 0 unspecified atom stereocenters. The maximum atomic E-state index is 12.9. The summed E-state index contributed by atoms with van der Waals surface area (Å²) in [5, 5.41) is 0. The molecule has 0 aliphatic heterocycles. The number of rotatable bonds is 4. The second-order valence-electron chi connectivity index (χ2n) is 7.77. The van der Waals surface area contributed by atoms with Crippen LogP contribution in [0.1, 0.15) is 54.7 Å². The summed E-state index contributed by atoms with van der Waals surface area (Å²) in [6.45, 7) is 9.33. The Balaban J connectivity index is 2.16. The van der Waals surface area contributed by atoms with Crippen LogP contribution in [-0.2, 0) is 11.8 Å². The van der Waals surface area contributed by atoms with E-state index in [0.717, 1.165) is 16.8 Å². The highest BCUT2D eigenvalue weighted by molar-refractivity contribution is 5.97. The molecule has 2 aromatic heterocycles. The van der Waals surface area contributed by atoms with Crippen LogP contribution in [0.15, 0.2) is 48.9 Å². The van der Waals surface area contributed by atoms with Gasteiger partial charge in [0.2, 0.25) is 0 Å². The van der Waals surface area contributed by atoms with Gasteiger partial charge in [0.05, 0.1) is 0 Å². The number of carbonyl (C=O) groups is 1. The van der Waals surface area contributed by atoms with Gasteiger partial charge >= 0.3 is 0 Å². The molecule has 0 fully saturated rings. The molecule has 1 aromatic carbocycles. The van der Waals surface area contributed by atoms with Crippen molar-refractivity contribution >= 4 is 11.6 Å². The van der Waals surface area contributed by atoms with E-state index < -0.39 is 0 Å². The SMILES string of the molecule is CCN(C)C(=O)c1ccn2ccnc2c1Cc1ccccc1C(C)(C)C. The number of nitrogens with zero attached hydrogens (tertiary/aromatic N) is 3. The Morgan fingerprint density at radius 3 is 2.58 bits per heavy atom. The van der Waals surface area contributed by atoms with E-state index >= 15 is 0 Å². The molecule has 3 aromatic rings. The lowest BCUT2D eigenvalue weighted by molar-refractivity contribution is 0.0801. The highest BCUT2D eigenvalue weighted by Gasteiger charge is 2.22. The molecule has 0 N–H and O–H groups in total. The number of carbonyl (C=O) groups excluding carboxylic acids is 1. The van der Waals surface area contributed by atoms with Gasteiger partial charge in [0.25, 0.3) is 5.91 Å².